The van der Waals surface area contributed by atoms with E-state index in [2.05, 4.69) is 49.7 Å². The van der Waals surface area contributed by atoms with Crippen molar-refractivity contribution >= 4 is 28.2 Å². The Bertz CT molecular complexity index is 433. The van der Waals surface area contributed by atoms with Crippen LogP contribution in [-0.2, 0) is 6.54 Å². The van der Waals surface area contributed by atoms with Crippen LogP contribution in [0.25, 0.3) is 0 Å². The molecule has 2 atom stereocenters. The first-order chi connectivity index (χ1) is 10.2. The third kappa shape index (κ3) is 4.36. The molecule has 1 aromatic heterocycles. The molecule has 0 aromatic carbocycles. The van der Waals surface area contributed by atoms with Crippen molar-refractivity contribution in [2.45, 2.75) is 58.2 Å². The zero-order chi connectivity index (χ0) is 15.2. The Morgan fingerprint density at radius 2 is 2.19 bits per heavy atom. The van der Waals surface area contributed by atoms with Crippen molar-refractivity contribution in [2.75, 3.05) is 30.3 Å². The summed E-state index contributed by atoms with van der Waals surface area (Å²) >= 11 is 4.03. The molecular formula is C16H29N3S2. The van der Waals surface area contributed by atoms with Crippen LogP contribution in [-0.4, -0.2) is 35.6 Å². The fraction of sp³-hybridized carbons (Fsp3) is 0.812. The first-order valence-electron chi connectivity index (χ1n) is 8.26. The van der Waals surface area contributed by atoms with Gasteiger partial charge in [-0.15, -0.1) is 11.3 Å². The van der Waals surface area contributed by atoms with Crippen LogP contribution in [0.5, 0.6) is 0 Å². The highest BCUT2D eigenvalue weighted by molar-refractivity contribution is 8.00. The van der Waals surface area contributed by atoms with Gasteiger partial charge in [0.15, 0.2) is 5.13 Å². The SMILES string of the molecule is CCNCc1sc(N2CCSC(CC)C2)nc1C(C)CC. The van der Waals surface area contributed by atoms with Crippen molar-refractivity contribution in [3.05, 3.63) is 10.6 Å². The van der Waals surface area contributed by atoms with Crippen molar-refractivity contribution < 1.29 is 0 Å². The van der Waals surface area contributed by atoms with Crippen molar-refractivity contribution in [3.8, 4) is 0 Å². The Kier molecular flexibility index (Phi) is 6.83. The molecule has 2 unspecified atom stereocenters. The van der Waals surface area contributed by atoms with Crippen LogP contribution in [0.1, 0.15) is 57.0 Å². The molecule has 1 N–H and O–H groups in total. The average molecular weight is 328 g/mol. The van der Waals surface area contributed by atoms with E-state index in [0.29, 0.717) is 5.92 Å². The Balaban J connectivity index is 2.17. The predicted molar refractivity (Wildman–Crippen MR) is 97.0 cm³/mol. The van der Waals surface area contributed by atoms with Gasteiger partial charge in [0.2, 0.25) is 0 Å². The van der Waals surface area contributed by atoms with Crippen molar-refractivity contribution in [3.63, 3.8) is 0 Å². The number of rotatable bonds is 7. The van der Waals surface area contributed by atoms with E-state index in [1.807, 2.05) is 11.3 Å². The summed E-state index contributed by atoms with van der Waals surface area (Å²) in [6.45, 7) is 13.3. The number of thiazole rings is 1. The highest BCUT2D eigenvalue weighted by Gasteiger charge is 2.24. The third-order valence-electron chi connectivity index (χ3n) is 4.20. The summed E-state index contributed by atoms with van der Waals surface area (Å²) in [6, 6.07) is 0. The second kappa shape index (κ2) is 8.39. The fourth-order valence-corrected chi connectivity index (χ4v) is 4.93. The Hall–Kier alpha value is -0.260. The monoisotopic (exact) mass is 327 g/mol. The van der Waals surface area contributed by atoms with Crippen LogP contribution in [0.4, 0.5) is 5.13 Å². The second-order valence-electron chi connectivity index (χ2n) is 5.74. The van der Waals surface area contributed by atoms with E-state index < -0.39 is 0 Å². The van der Waals surface area contributed by atoms with E-state index in [-0.39, 0.29) is 0 Å². The molecule has 3 nitrogen and oxygen atoms in total. The molecule has 0 aliphatic carbocycles. The van der Waals surface area contributed by atoms with Gasteiger partial charge in [-0.3, -0.25) is 0 Å². The maximum absolute atomic E-state index is 5.02. The van der Waals surface area contributed by atoms with Gasteiger partial charge in [0.1, 0.15) is 0 Å². The van der Waals surface area contributed by atoms with E-state index in [4.69, 9.17) is 4.98 Å². The minimum Gasteiger partial charge on any atom is -0.346 e. The largest absolute Gasteiger partial charge is 0.346 e. The molecule has 1 aromatic rings. The molecule has 0 saturated carbocycles. The average Bonchev–Trinajstić information content (AvgIpc) is 2.96. The lowest BCUT2D eigenvalue weighted by Gasteiger charge is -2.31. The van der Waals surface area contributed by atoms with E-state index in [0.717, 1.165) is 37.8 Å². The minimum atomic E-state index is 0.560. The standard InChI is InChI=1S/C16H29N3S2/c1-5-12(4)15-14(10-17-7-3)21-16(18-15)19-8-9-20-13(6-2)11-19/h12-13,17H,5-11H2,1-4H3. The smallest absolute Gasteiger partial charge is 0.185 e. The number of anilines is 1. The molecule has 2 heterocycles. The molecule has 0 amide bonds. The Morgan fingerprint density at radius 1 is 1.38 bits per heavy atom. The third-order valence-corrected chi connectivity index (χ3v) is 6.70. The molecule has 0 radical (unpaired) electrons. The molecule has 2 rings (SSSR count). The quantitative estimate of drug-likeness (QED) is 0.816. The van der Waals surface area contributed by atoms with E-state index in [1.54, 1.807) is 0 Å². The first-order valence-corrected chi connectivity index (χ1v) is 10.1. The number of nitrogens with one attached hydrogen (secondary N) is 1. The maximum atomic E-state index is 5.02. The molecule has 0 spiro atoms. The van der Waals surface area contributed by atoms with Gasteiger partial charge < -0.3 is 10.2 Å². The number of hydrogen-bond acceptors (Lipinski definition) is 5. The molecule has 0 bridgehead atoms. The molecular weight excluding hydrogens is 298 g/mol. The van der Waals surface area contributed by atoms with Gasteiger partial charge in [-0.1, -0.05) is 27.7 Å². The molecule has 1 saturated heterocycles. The minimum absolute atomic E-state index is 0.560. The Labute approximate surface area is 137 Å². The van der Waals surface area contributed by atoms with Gasteiger partial charge >= 0.3 is 0 Å². The van der Waals surface area contributed by atoms with E-state index >= 15 is 0 Å². The van der Waals surface area contributed by atoms with E-state index in [1.165, 1.54) is 27.9 Å². The van der Waals surface area contributed by atoms with Gasteiger partial charge in [0.25, 0.3) is 0 Å². The van der Waals surface area contributed by atoms with Crippen LogP contribution in [0.3, 0.4) is 0 Å². The molecule has 1 aliphatic rings. The molecule has 120 valence electrons. The molecule has 1 fully saturated rings. The summed E-state index contributed by atoms with van der Waals surface area (Å²) in [7, 11) is 0. The summed E-state index contributed by atoms with van der Waals surface area (Å²) in [4.78, 5) is 8.97. The van der Waals surface area contributed by atoms with Crippen LogP contribution in [0.2, 0.25) is 0 Å². The summed E-state index contributed by atoms with van der Waals surface area (Å²) in [5.41, 5.74) is 1.32. The number of nitrogens with zero attached hydrogens (tertiary/aromatic N) is 2. The lowest BCUT2D eigenvalue weighted by atomic mass is 10.0. The first kappa shape index (κ1) is 17.1. The summed E-state index contributed by atoms with van der Waals surface area (Å²) in [5, 5.41) is 5.49. The van der Waals surface area contributed by atoms with Crippen molar-refractivity contribution in [1.29, 1.82) is 0 Å². The fourth-order valence-electron chi connectivity index (χ4n) is 2.57. The Morgan fingerprint density at radius 3 is 2.86 bits per heavy atom. The predicted octanol–water partition coefficient (Wildman–Crippen LogP) is 4.10. The van der Waals surface area contributed by atoms with Crippen LogP contribution in [0, 0.1) is 0 Å². The molecule has 21 heavy (non-hydrogen) atoms. The second-order valence-corrected chi connectivity index (χ2v) is 8.21. The van der Waals surface area contributed by atoms with Crippen LogP contribution < -0.4 is 10.2 Å². The summed E-state index contributed by atoms with van der Waals surface area (Å²) < 4.78 is 0. The lowest BCUT2D eigenvalue weighted by molar-refractivity contribution is 0.674. The highest BCUT2D eigenvalue weighted by Crippen LogP contribution is 2.34. The van der Waals surface area contributed by atoms with Gasteiger partial charge in [-0.2, -0.15) is 11.8 Å². The van der Waals surface area contributed by atoms with Crippen LogP contribution in [0.15, 0.2) is 0 Å². The normalized spacial score (nSPS) is 20.8. The van der Waals surface area contributed by atoms with Gasteiger partial charge in [0, 0.05) is 35.5 Å². The highest BCUT2D eigenvalue weighted by atomic mass is 32.2. The van der Waals surface area contributed by atoms with Crippen LogP contribution >= 0.6 is 23.1 Å². The van der Waals surface area contributed by atoms with Gasteiger partial charge in [-0.25, -0.2) is 4.98 Å². The summed E-state index contributed by atoms with van der Waals surface area (Å²) in [5.74, 6) is 1.80. The van der Waals surface area contributed by atoms with Crippen molar-refractivity contribution in [2.24, 2.45) is 0 Å². The van der Waals surface area contributed by atoms with Gasteiger partial charge in [0.05, 0.1) is 5.69 Å². The lowest BCUT2D eigenvalue weighted by Crippen LogP contribution is -2.37. The number of aromatic nitrogens is 1. The molecule has 5 heteroatoms. The maximum Gasteiger partial charge on any atom is 0.185 e. The van der Waals surface area contributed by atoms with Gasteiger partial charge in [-0.05, 0) is 25.3 Å². The zero-order valence-electron chi connectivity index (χ0n) is 13.8. The van der Waals surface area contributed by atoms with E-state index in [9.17, 15) is 0 Å². The topological polar surface area (TPSA) is 28.2 Å². The molecule has 1 aliphatic heterocycles. The number of hydrogen-bond donors (Lipinski definition) is 1. The van der Waals surface area contributed by atoms with Crippen molar-refractivity contribution in [1.82, 2.24) is 10.3 Å². The summed E-state index contributed by atoms with van der Waals surface area (Å²) in [6.07, 6.45) is 2.42. The zero-order valence-corrected chi connectivity index (χ0v) is 15.4. The number of thioether (sulfide) groups is 1.